The molecule has 0 atom stereocenters. The highest BCUT2D eigenvalue weighted by Crippen LogP contribution is 2.20. The average Bonchev–Trinajstić information content (AvgIpc) is 2.64. The molecule has 2 rings (SSSR count). The molecule has 1 aromatic carbocycles. The van der Waals surface area contributed by atoms with Gasteiger partial charge < -0.3 is 9.09 Å². The van der Waals surface area contributed by atoms with Crippen molar-refractivity contribution in [1.82, 2.24) is 4.57 Å². The van der Waals surface area contributed by atoms with Crippen LogP contribution in [0.3, 0.4) is 0 Å². The fourth-order valence-corrected chi connectivity index (χ4v) is 2.21. The number of oxime groups is 1. The number of aromatic nitrogens is 1. The Labute approximate surface area is 114 Å². The molecular weight excluding hydrogens is 254 g/mol. The van der Waals surface area contributed by atoms with Crippen molar-refractivity contribution < 1.29 is 4.53 Å². The van der Waals surface area contributed by atoms with Gasteiger partial charge in [0.25, 0.3) is 8.32 Å². The Hall–Kier alpha value is -2.06. The number of hydrogen-bond donors (Lipinski definition) is 0. The zero-order valence-electron chi connectivity index (χ0n) is 11.6. The number of benzene rings is 1. The average molecular weight is 271 g/mol. The van der Waals surface area contributed by atoms with E-state index < -0.39 is 8.32 Å². The molecular formula is C14H17N3OSi. The summed E-state index contributed by atoms with van der Waals surface area (Å²) in [6, 6.07) is 7.81. The lowest BCUT2D eigenvalue weighted by Gasteiger charge is -2.11. The molecule has 0 N–H and O–H groups in total. The lowest BCUT2D eigenvalue weighted by molar-refractivity contribution is 0.338. The highest BCUT2D eigenvalue weighted by atomic mass is 28.4. The Bertz CT molecular complexity index is 674. The summed E-state index contributed by atoms with van der Waals surface area (Å²) < 4.78 is 7.50. The molecule has 0 saturated heterocycles. The van der Waals surface area contributed by atoms with E-state index in [-0.39, 0.29) is 0 Å². The van der Waals surface area contributed by atoms with Gasteiger partial charge in [-0.3, -0.25) is 0 Å². The second kappa shape index (κ2) is 4.90. The van der Waals surface area contributed by atoms with Crippen LogP contribution >= 0.6 is 0 Å². The highest BCUT2D eigenvalue weighted by Gasteiger charge is 2.15. The molecule has 4 nitrogen and oxygen atoms in total. The van der Waals surface area contributed by atoms with E-state index in [2.05, 4.69) is 30.9 Å². The van der Waals surface area contributed by atoms with E-state index in [0.29, 0.717) is 5.56 Å². The topological polar surface area (TPSA) is 50.3 Å². The Kier molecular flexibility index (Phi) is 3.45. The molecule has 0 unspecified atom stereocenters. The first-order valence-corrected chi connectivity index (χ1v) is 9.52. The normalized spacial score (nSPS) is 11.9. The van der Waals surface area contributed by atoms with Gasteiger partial charge in [-0.25, -0.2) is 0 Å². The van der Waals surface area contributed by atoms with Gasteiger partial charge in [0, 0.05) is 29.7 Å². The molecule has 2 aromatic rings. The molecule has 1 heterocycles. The van der Waals surface area contributed by atoms with Crippen molar-refractivity contribution in [3.63, 3.8) is 0 Å². The van der Waals surface area contributed by atoms with Crippen molar-refractivity contribution in [1.29, 1.82) is 5.26 Å². The molecule has 5 heteroatoms. The highest BCUT2D eigenvalue weighted by molar-refractivity contribution is 6.69. The molecule has 0 aliphatic carbocycles. The molecule has 0 bridgehead atoms. The van der Waals surface area contributed by atoms with Gasteiger partial charge in [0.05, 0.1) is 17.8 Å². The van der Waals surface area contributed by atoms with Gasteiger partial charge in [0.2, 0.25) is 0 Å². The number of nitrogens with zero attached hydrogens (tertiary/aromatic N) is 3. The van der Waals surface area contributed by atoms with E-state index in [9.17, 15) is 0 Å². The van der Waals surface area contributed by atoms with Crippen LogP contribution in [0.25, 0.3) is 10.9 Å². The first-order chi connectivity index (χ1) is 8.90. The monoisotopic (exact) mass is 271 g/mol. The zero-order chi connectivity index (χ0) is 14.0. The third kappa shape index (κ3) is 3.03. The fourth-order valence-electron chi connectivity index (χ4n) is 1.84. The number of hydrogen-bond acceptors (Lipinski definition) is 3. The minimum atomic E-state index is -1.65. The van der Waals surface area contributed by atoms with Crippen molar-refractivity contribution >= 4 is 25.4 Å². The lowest BCUT2D eigenvalue weighted by Crippen LogP contribution is -2.22. The van der Waals surface area contributed by atoms with Gasteiger partial charge in [-0.05, 0) is 37.8 Å². The molecule has 0 fully saturated rings. The van der Waals surface area contributed by atoms with E-state index in [4.69, 9.17) is 9.79 Å². The van der Waals surface area contributed by atoms with Gasteiger partial charge in [-0.1, -0.05) is 0 Å². The van der Waals surface area contributed by atoms with Gasteiger partial charge in [-0.2, -0.15) is 5.26 Å². The van der Waals surface area contributed by atoms with Crippen LogP contribution in [0, 0.1) is 11.3 Å². The third-order valence-corrected chi connectivity index (χ3v) is 3.32. The van der Waals surface area contributed by atoms with Crippen LogP contribution in [0.1, 0.15) is 11.1 Å². The fraction of sp³-hybridized carbons (Fsp3) is 0.286. The van der Waals surface area contributed by atoms with Crippen LogP contribution in [-0.2, 0) is 11.6 Å². The van der Waals surface area contributed by atoms with E-state index in [0.717, 1.165) is 16.5 Å². The number of nitriles is 1. The van der Waals surface area contributed by atoms with Crippen LogP contribution < -0.4 is 0 Å². The van der Waals surface area contributed by atoms with Gasteiger partial charge in [0.15, 0.2) is 0 Å². The van der Waals surface area contributed by atoms with Crippen molar-refractivity contribution in [2.45, 2.75) is 19.6 Å². The molecule has 0 radical (unpaired) electrons. The number of rotatable bonds is 3. The van der Waals surface area contributed by atoms with E-state index in [1.165, 1.54) is 0 Å². The van der Waals surface area contributed by atoms with Crippen molar-refractivity contribution in [3.8, 4) is 6.07 Å². The second-order valence-corrected chi connectivity index (χ2v) is 9.88. The summed E-state index contributed by atoms with van der Waals surface area (Å²) >= 11 is 0. The summed E-state index contributed by atoms with van der Waals surface area (Å²) in [6.07, 6.45) is 3.71. The van der Waals surface area contributed by atoms with Gasteiger partial charge in [-0.15, -0.1) is 5.16 Å². The largest absolute Gasteiger partial charge is 0.456 e. The zero-order valence-corrected chi connectivity index (χ0v) is 12.6. The maximum atomic E-state index is 8.97. The Morgan fingerprint density at radius 2 is 2.11 bits per heavy atom. The smallest absolute Gasteiger partial charge is 0.278 e. The van der Waals surface area contributed by atoms with Crippen molar-refractivity contribution in [2.75, 3.05) is 0 Å². The van der Waals surface area contributed by atoms with Crippen LogP contribution in [0.2, 0.25) is 19.6 Å². The number of fused-ring (bicyclic) bond motifs is 1. The first kappa shape index (κ1) is 13.4. The maximum Gasteiger partial charge on any atom is 0.278 e. The SMILES string of the molecule is Cn1cc(C=NO[Si](C)(C)C)c2cc(C#N)ccc21. The van der Waals surface area contributed by atoms with E-state index in [1.807, 2.05) is 36.0 Å². The maximum absolute atomic E-state index is 8.97. The molecule has 1 aromatic heterocycles. The summed E-state index contributed by atoms with van der Waals surface area (Å²) in [4.78, 5) is 0. The van der Waals surface area contributed by atoms with Gasteiger partial charge in [0.1, 0.15) is 0 Å². The number of aryl methyl sites for hydroxylation is 1. The Morgan fingerprint density at radius 3 is 2.74 bits per heavy atom. The molecule has 19 heavy (non-hydrogen) atoms. The Morgan fingerprint density at radius 1 is 1.37 bits per heavy atom. The quantitative estimate of drug-likeness (QED) is 0.489. The predicted molar refractivity (Wildman–Crippen MR) is 79.7 cm³/mol. The van der Waals surface area contributed by atoms with Crippen LogP contribution in [0.5, 0.6) is 0 Å². The third-order valence-electron chi connectivity index (χ3n) is 2.67. The summed E-state index contributed by atoms with van der Waals surface area (Å²) in [7, 11) is 0.331. The molecule has 0 amide bonds. The van der Waals surface area contributed by atoms with Crippen LogP contribution in [0.4, 0.5) is 0 Å². The molecule has 0 aliphatic rings. The summed E-state index contributed by atoms with van der Waals surface area (Å²) in [5.41, 5.74) is 2.70. The van der Waals surface area contributed by atoms with Gasteiger partial charge >= 0.3 is 0 Å². The Balaban J connectivity index is 2.41. The van der Waals surface area contributed by atoms with Crippen LogP contribution in [0.15, 0.2) is 29.6 Å². The summed E-state index contributed by atoms with van der Waals surface area (Å²) in [5, 5.41) is 14.1. The van der Waals surface area contributed by atoms with E-state index >= 15 is 0 Å². The first-order valence-electron chi connectivity index (χ1n) is 6.11. The predicted octanol–water partition coefficient (Wildman–Crippen LogP) is 3.24. The van der Waals surface area contributed by atoms with Crippen molar-refractivity contribution in [2.24, 2.45) is 12.2 Å². The second-order valence-electron chi connectivity index (χ2n) is 5.48. The summed E-state index contributed by atoms with van der Waals surface area (Å²) in [5.74, 6) is 0. The minimum absolute atomic E-state index is 0.652. The van der Waals surface area contributed by atoms with Crippen molar-refractivity contribution in [3.05, 3.63) is 35.5 Å². The molecule has 0 spiro atoms. The standard InChI is InChI=1S/C14H17N3OSi/c1-17-10-12(9-16-18-19(2,3)4)13-7-11(8-15)5-6-14(13)17/h5-7,9-10H,1-4H3. The molecule has 0 aliphatic heterocycles. The van der Waals surface area contributed by atoms with E-state index in [1.54, 1.807) is 6.21 Å². The molecule has 0 saturated carbocycles. The van der Waals surface area contributed by atoms with Crippen LogP contribution in [-0.4, -0.2) is 19.1 Å². The lowest BCUT2D eigenvalue weighted by atomic mass is 10.1. The minimum Gasteiger partial charge on any atom is -0.456 e. The summed E-state index contributed by atoms with van der Waals surface area (Å²) in [6.45, 7) is 6.25. The molecule has 98 valence electrons.